The summed E-state index contributed by atoms with van der Waals surface area (Å²) in [7, 11) is 0. The Balaban J connectivity index is 2.34. The van der Waals surface area contributed by atoms with Crippen LogP contribution in [0, 0.1) is 5.92 Å². The highest BCUT2D eigenvalue weighted by Gasteiger charge is 2.25. The molecule has 0 radical (unpaired) electrons. The van der Waals surface area contributed by atoms with E-state index in [4.69, 9.17) is 5.73 Å². The Morgan fingerprint density at radius 3 is 2.28 bits per heavy atom. The number of amides is 1. The van der Waals surface area contributed by atoms with Gasteiger partial charge in [0.25, 0.3) is 0 Å². The third-order valence-corrected chi connectivity index (χ3v) is 4.09. The van der Waals surface area contributed by atoms with E-state index in [1.165, 1.54) is 6.54 Å². The molecule has 106 valence electrons. The number of hydrogen-bond acceptors (Lipinski definition) is 3. The molecule has 18 heavy (non-hydrogen) atoms. The van der Waals surface area contributed by atoms with Crippen LogP contribution in [0.25, 0.3) is 0 Å². The minimum absolute atomic E-state index is 0.138. The molecular formula is C14H29N3O. The van der Waals surface area contributed by atoms with Gasteiger partial charge in [-0.1, -0.05) is 20.8 Å². The van der Waals surface area contributed by atoms with Gasteiger partial charge in [0.05, 0.1) is 6.04 Å². The predicted octanol–water partition coefficient (Wildman–Crippen LogP) is 1.30. The zero-order valence-corrected chi connectivity index (χ0v) is 12.2. The zero-order valence-electron chi connectivity index (χ0n) is 12.2. The van der Waals surface area contributed by atoms with E-state index in [0.717, 1.165) is 51.4 Å². The summed E-state index contributed by atoms with van der Waals surface area (Å²) in [6.45, 7) is 11.6. The van der Waals surface area contributed by atoms with Gasteiger partial charge in [-0.25, -0.2) is 0 Å². The van der Waals surface area contributed by atoms with Gasteiger partial charge >= 0.3 is 0 Å². The quantitative estimate of drug-likeness (QED) is 0.778. The van der Waals surface area contributed by atoms with Gasteiger partial charge in [-0.3, -0.25) is 4.79 Å². The number of nitrogens with zero attached hydrogens (tertiary/aromatic N) is 2. The van der Waals surface area contributed by atoms with E-state index in [1.807, 2.05) is 11.8 Å². The third kappa shape index (κ3) is 4.25. The molecule has 0 unspecified atom stereocenters. The van der Waals surface area contributed by atoms with Gasteiger partial charge in [0, 0.05) is 19.6 Å². The predicted molar refractivity (Wildman–Crippen MR) is 75.4 cm³/mol. The molecule has 1 saturated heterocycles. The topological polar surface area (TPSA) is 49.6 Å². The molecule has 0 saturated carbocycles. The summed E-state index contributed by atoms with van der Waals surface area (Å²) in [6, 6.07) is -0.302. The summed E-state index contributed by atoms with van der Waals surface area (Å²) in [6.07, 6.45) is 2.98. The minimum Gasteiger partial charge on any atom is -0.341 e. The van der Waals surface area contributed by atoms with Gasteiger partial charge in [-0.05, 0) is 38.3 Å². The Bertz CT molecular complexity index is 245. The zero-order chi connectivity index (χ0) is 13.5. The second-order valence-electron chi connectivity index (χ2n) is 5.27. The number of hydrogen-bond donors (Lipinski definition) is 1. The van der Waals surface area contributed by atoms with Crippen LogP contribution in [0.5, 0.6) is 0 Å². The summed E-state index contributed by atoms with van der Waals surface area (Å²) in [5.41, 5.74) is 5.81. The lowest BCUT2D eigenvalue weighted by Crippen LogP contribution is -2.48. The molecule has 0 bridgehead atoms. The molecule has 1 heterocycles. The molecule has 4 nitrogen and oxygen atoms in total. The molecule has 1 fully saturated rings. The molecule has 2 N–H and O–H groups in total. The molecule has 4 heteroatoms. The van der Waals surface area contributed by atoms with E-state index in [9.17, 15) is 4.79 Å². The fraction of sp³-hybridized carbons (Fsp3) is 0.929. The Morgan fingerprint density at radius 2 is 1.83 bits per heavy atom. The Morgan fingerprint density at radius 1 is 1.28 bits per heavy atom. The summed E-state index contributed by atoms with van der Waals surface area (Å²) in [5.74, 6) is 0.880. The van der Waals surface area contributed by atoms with Crippen molar-refractivity contribution in [2.24, 2.45) is 11.7 Å². The summed E-state index contributed by atoms with van der Waals surface area (Å²) >= 11 is 0. The second kappa shape index (κ2) is 7.74. The van der Waals surface area contributed by atoms with Crippen LogP contribution >= 0.6 is 0 Å². The molecular weight excluding hydrogens is 226 g/mol. The van der Waals surface area contributed by atoms with E-state index in [-0.39, 0.29) is 11.9 Å². The highest BCUT2D eigenvalue weighted by Crippen LogP contribution is 2.19. The van der Waals surface area contributed by atoms with E-state index >= 15 is 0 Å². The maximum Gasteiger partial charge on any atom is 0.239 e. The maximum atomic E-state index is 12.0. The van der Waals surface area contributed by atoms with Crippen LogP contribution < -0.4 is 5.73 Å². The van der Waals surface area contributed by atoms with Crippen molar-refractivity contribution in [1.29, 1.82) is 0 Å². The van der Waals surface area contributed by atoms with E-state index in [2.05, 4.69) is 18.7 Å². The maximum absolute atomic E-state index is 12.0. The van der Waals surface area contributed by atoms with Crippen LogP contribution in [0.2, 0.25) is 0 Å². The van der Waals surface area contributed by atoms with Crippen LogP contribution in [-0.4, -0.2) is 54.5 Å². The largest absolute Gasteiger partial charge is 0.341 e. The highest BCUT2D eigenvalue weighted by atomic mass is 16.2. The first-order valence-corrected chi connectivity index (χ1v) is 7.39. The summed E-state index contributed by atoms with van der Waals surface area (Å²) in [5, 5.41) is 0. The molecule has 1 aliphatic heterocycles. The van der Waals surface area contributed by atoms with E-state index < -0.39 is 0 Å². The number of carbonyl (C=O) groups is 1. The number of carbonyl (C=O) groups excluding carboxylic acids is 1. The normalized spacial score (nSPS) is 19.3. The first kappa shape index (κ1) is 15.4. The molecule has 0 aliphatic carbocycles. The van der Waals surface area contributed by atoms with Gasteiger partial charge in [0.1, 0.15) is 0 Å². The highest BCUT2D eigenvalue weighted by molar-refractivity contribution is 5.81. The Hall–Kier alpha value is -0.610. The van der Waals surface area contributed by atoms with Crippen molar-refractivity contribution in [2.75, 3.05) is 32.7 Å². The van der Waals surface area contributed by atoms with Gasteiger partial charge in [0.15, 0.2) is 0 Å². The van der Waals surface area contributed by atoms with Gasteiger partial charge in [-0.2, -0.15) is 0 Å². The molecule has 1 amide bonds. The monoisotopic (exact) mass is 255 g/mol. The van der Waals surface area contributed by atoms with Crippen molar-refractivity contribution >= 4 is 5.91 Å². The van der Waals surface area contributed by atoms with Crippen LogP contribution in [0.3, 0.4) is 0 Å². The van der Waals surface area contributed by atoms with Crippen molar-refractivity contribution in [2.45, 2.75) is 46.1 Å². The lowest BCUT2D eigenvalue weighted by Gasteiger charge is -2.35. The molecule has 1 aliphatic rings. The van der Waals surface area contributed by atoms with Crippen LogP contribution in [0.15, 0.2) is 0 Å². The first-order valence-electron chi connectivity index (χ1n) is 7.39. The SMILES string of the molecule is CC[C@H](N)C(=O)N1CCC(CN(CC)CC)CC1. The third-order valence-electron chi connectivity index (χ3n) is 4.09. The Labute approximate surface area is 111 Å². The minimum atomic E-state index is -0.302. The smallest absolute Gasteiger partial charge is 0.239 e. The summed E-state index contributed by atoms with van der Waals surface area (Å²) < 4.78 is 0. The van der Waals surface area contributed by atoms with Crippen molar-refractivity contribution in [3.8, 4) is 0 Å². The molecule has 0 aromatic rings. The Kier molecular flexibility index (Phi) is 6.65. The molecule has 1 atom stereocenters. The standard InChI is InChI=1S/C14H29N3O/c1-4-13(15)14(18)17-9-7-12(8-10-17)11-16(5-2)6-3/h12-13H,4-11,15H2,1-3H3/t13-/m0/s1. The molecule has 0 spiro atoms. The number of nitrogens with two attached hydrogens (primary N) is 1. The molecule has 0 aromatic heterocycles. The average Bonchev–Trinajstić information content (AvgIpc) is 2.43. The fourth-order valence-corrected chi connectivity index (χ4v) is 2.59. The second-order valence-corrected chi connectivity index (χ2v) is 5.27. The van der Waals surface area contributed by atoms with Crippen LogP contribution in [0.4, 0.5) is 0 Å². The molecule has 0 aromatic carbocycles. The van der Waals surface area contributed by atoms with Crippen molar-refractivity contribution in [1.82, 2.24) is 9.80 Å². The number of rotatable bonds is 6. The van der Waals surface area contributed by atoms with E-state index in [1.54, 1.807) is 0 Å². The fourth-order valence-electron chi connectivity index (χ4n) is 2.59. The van der Waals surface area contributed by atoms with Crippen molar-refractivity contribution in [3.05, 3.63) is 0 Å². The van der Waals surface area contributed by atoms with Crippen LogP contribution in [-0.2, 0) is 4.79 Å². The van der Waals surface area contributed by atoms with E-state index in [0.29, 0.717) is 0 Å². The summed E-state index contributed by atoms with van der Waals surface area (Å²) in [4.78, 5) is 16.4. The average molecular weight is 255 g/mol. The van der Waals surface area contributed by atoms with Gasteiger partial charge < -0.3 is 15.5 Å². The number of likely N-dealkylation sites (tertiary alicyclic amines) is 1. The van der Waals surface area contributed by atoms with Crippen LogP contribution in [0.1, 0.15) is 40.0 Å². The van der Waals surface area contributed by atoms with Gasteiger partial charge in [0.2, 0.25) is 5.91 Å². The van der Waals surface area contributed by atoms with Crippen molar-refractivity contribution < 1.29 is 4.79 Å². The lowest BCUT2D eigenvalue weighted by molar-refractivity contribution is -0.134. The number of piperidine rings is 1. The first-order chi connectivity index (χ1) is 8.62. The van der Waals surface area contributed by atoms with Gasteiger partial charge in [-0.15, -0.1) is 0 Å². The van der Waals surface area contributed by atoms with Crippen molar-refractivity contribution in [3.63, 3.8) is 0 Å². The lowest BCUT2D eigenvalue weighted by atomic mass is 9.95. The molecule has 1 rings (SSSR count).